The lowest BCUT2D eigenvalue weighted by Gasteiger charge is -2.14. The number of amides is 2. The molecule has 1 aromatic heterocycles. The van der Waals surface area contributed by atoms with Gasteiger partial charge in [0.1, 0.15) is 16.9 Å². The fourth-order valence-corrected chi connectivity index (χ4v) is 4.67. The van der Waals surface area contributed by atoms with Crippen molar-refractivity contribution in [2.75, 3.05) is 5.32 Å². The molecule has 3 aromatic rings. The number of thioether (sulfide) groups is 1. The molecule has 180 valence electrons. The summed E-state index contributed by atoms with van der Waals surface area (Å²) in [4.78, 5) is 57.6. The summed E-state index contributed by atoms with van der Waals surface area (Å²) in [6, 6.07) is 11.9. The first-order valence-corrected chi connectivity index (χ1v) is 11.7. The number of halogens is 2. The highest BCUT2D eigenvalue weighted by molar-refractivity contribution is 8.15. The number of nitrogens with zero attached hydrogens (tertiary/aromatic N) is 1. The molecule has 2 atom stereocenters. The number of nitrogens with one attached hydrogen (secondary N) is 4. The van der Waals surface area contributed by atoms with E-state index in [4.69, 9.17) is 23.2 Å². The number of hydrogen-bond acceptors (Lipinski definition) is 7. The summed E-state index contributed by atoms with van der Waals surface area (Å²) in [6.07, 6.45) is -0.141. The predicted octanol–water partition coefficient (Wildman–Crippen LogP) is 2.78. The van der Waals surface area contributed by atoms with Crippen molar-refractivity contribution in [3.63, 3.8) is 0 Å². The standard InChI is InChI=1S/C22H17Cl2N5O5S/c23-11-6-4-10(5-7-11)17(16-19(32)27-21(34)28-20(16)33)26-22-29-18(31)14(35-22)9-15(30)25-13-3-1-2-12(24)8-13/h1-8,14,17H,9H2,(H,25,30)(H,26,29,31)(H3,27,28,32,33,34)/t14-,17+/m0/s1. The van der Waals surface area contributed by atoms with Crippen molar-refractivity contribution in [1.29, 1.82) is 0 Å². The average molecular weight is 534 g/mol. The summed E-state index contributed by atoms with van der Waals surface area (Å²) in [5.41, 5.74) is -0.992. The van der Waals surface area contributed by atoms with Gasteiger partial charge in [-0.1, -0.05) is 53.2 Å². The van der Waals surface area contributed by atoms with Gasteiger partial charge in [-0.2, -0.15) is 0 Å². The maximum atomic E-state index is 12.5. The van der Waals surface area contributed by atoms with Gasteiger partial charge >= 0.3 is 5.69 Å². The molecule has 10 nitrogen and oxygen atoms in total. The van der Waals surface area contributed by atoms with Crippen LogP contribution in [0.25, 0.3) is 0 Å². The third-order valence-corrected chi connectivity index (χ3v) is 6.50. The molecule has 13 heteroatoms. The Morgan fingerprint density at radius 1 is 1.09 bits per heavy atom. The first kappa shape index (κ1) is 24.6. The van der Waals surface area contributed by atoms with Gasteiger partial charge in [-0.15, -0.1) is 0 Å². The fourth-order valence-electron chi connectivity index (χ4n) is 3.35. The van der Waals surface area contributed by atoms with Gasteiger partial charge in [0.05, 0.1) is 0 Å². The first-order valence-electron chi connectivity index (χ1n) is 10.1. The molecule has 0 spiro atoms. The highest BCUT2D eigenvalue weighted by atomic mass is 35.5. The Kier molecular flexibility index (Phi) is 7.29. The maximum Gasteiger partial charge on any atom is 0.328 e. The SMILES string of the molecule is O=C(C[C@@H]1SC(=N[C@H](c2ccc(Cl)cc2)c2c(O)[nH]c(=O)[nH]c2=O)NC1=O)Nc1cccc(Cl)c1. The van der Waals surface area contributed by atoms with Crippen LogP contribution in [0.1, 0.15) is 23.6 Å². The molecule has 5 N–H and O–H groups in total. The molecule has 0 saturated carbocycles. The number of benzene rings is 2. The van der Waals surface area contributed by atoms with Gasteiger partial charge in [0, 0.05) is 22.2 Å². The number of aromatic hydroxyl groups is 1. The van der Waals surface area contributed by atoms with Crippen molar-refractivity contribution in [3.8, 4) is 5.88 Å². The van der Waals surface area contributed by atoms with E-state index in [0.29, 0.717) is 21.3 Å². The molecule has 4 rings (SSSR count). The first-order chi connectivity index (χ1) is 16.7. The molecular weight excluding hydrogens is 517 g/mol. The smallest absolute Gasteiger partial charge is 0.328 e. The summed E-state index contributed by atoms with van der Waals surface area (Å²) in [6.45, 7) is 0. The molecule has 1 saturated heterocycles. The van der Waals surface area contributed by atoms with Crippen LogP contribution >= 0.6 is 35.0 Å². The summed E-state index contributed by atoms with van der Waals surface area (Å²) in [5, 5.41) is 15.8. The number of anilines is 1. The molecule has 2 amide bonds. The molecule has 0 unspecified atom stereocenters. The summed E-state index contributed by atoms with van der Waals surface area (Å²) < 4.78 is 0. The van der Waals surface area contributed by atoms with Gasteiger partial charge in [0.15, 0.2) is 5.17 Å². The zero-order chi connectivity index (χ0) is 25.1. The minimum absolute atomic E-state index is 0.139. The van der Waals surface area contributed by atoms with Crippen LogP contribution in [-0.2, 0) is 9.59 Å². The molecule has 0 aliphatic carbocycles. The van der Waals surface area contributed by atoms with Crippen molar-refractivity contribution in [3.05, 3.63) is 90.5 Å². The lowest BCUT2D eigenvalue weighted by Crippen LogP contribution is -2.29. The van der Waals surface area contributed by atoms with E-state index in [2.05, 4.69) is 25.6 Å². The topological polar surface area (TPSA) is 157 Å². The van der Waals surface area contributed by atoms with Crippen molar-refractivity contribution in [2.45, 2.75) is 17.7 Å². The van der Waals surface area contributed by atoms with Crippen LogP contribution in [0.4, 0.5) is 5.69 Å². The Morgan fingerprint density at radius 2 is 1.83 bits per heavy atom. The van der Waals surface area contributed by atoms with E-state index in [-0.39, 0.29) is 17.2 Å². The Labute approximate surface area is 211 Å². The minimum atomic E-state index is -1.09. The Morgan fingerprint density at radius 3 is 2.51 bits per heavy atom. The van der Waals surface area contributed by atoms with Crippen molar-refractivity contribution in [1.82, 2.24) is 15.3 Å². The fraction of sp³-hybridized carbons (Fsp3) is 0.136. The van der Waals surface area contributed by atoms with Crippen LogP contribution in [0.15, 0.2) is 63.1 Å². The molecule has 35 heavy (non-hydrogen) atoms. The zero-order valence-electron chi connectivity index (χ0n) is 17.7. The number of H-pyrrole nitrogens is 2. The Balaban J connectivity index is 1.59. The number of carbonyl (C=O) groups excluding carboxylic acids is 2. The lowest BCUT2D eigenvalue weighted by atomic mass is 10.0. The predicted molar refractivity (Wildman–Crippen MR) is 134 cm³/mol. The van der Waals surface area contributed by atoms with Gasteiger partial charge in [-0.3, -0.25) is 24.4 Å². The lowest BCUT2D eigenvalue weighted by molar-refractivity contribution is -0.122. The maximum absolute atomic E-state index is 12.5. The van der Waals surface area contributed by atoms with Crippen LogP contribution in [0.5, 0.6) is 5.88 Å². The quantitative estimate of drug-likeness (QED) is 0.328. The van der Waals surface area contributed by atoms with Crippen LogP contribution in [-0.4, -0.2) is 37.3 Å². The van der Waals surface area contributed by atoms with Crippen molar-refractivity contribution in [2.24, 2.45) is 4.99 Å². The Bertz CT molecular complexity index is 1440. The number of aliphatic imine (C=N–C) groups is 1. The van der Waals surface area contributed by atoms with Crippen LogP contribution in [0.3, 0.4) is 0 Å². The Hall–Kier alpha value is -3.54. The number of carbonyl (C=O) groups is 2. The van der Waals surface area contributed by atoms with E-state index < -0.39 is 40.2 Å². The second kappa shape index (κ2) is 10.4. The second-order valence-corrected chi connectivity index (χ2v) is 9.48. The van der Waals surface area contributed by atoms with E-state index >= 15 is 0 Å². The minimum Gasteiger partial charge on any atom is -0.494 e. The number of amidine groups is 1. The number of rotatable bonds is 6. The van der Waals surface area contributed by atoms with Gasteiger partial charge in [0.25, 0.3) is 5.56 Å². The molecule has 2 aromatic carbocycles. The van der Waals surface area contributed by atoms with E-state index in [0.717, 1.165) is 11.8 Å². The normalized spacial score (nSPS) is 17.3. The van der Waals surface area contributed by atoms with Gasteiger partial charge < -0.3 is 15.7 Å². The molecule has 1 fully saturated rings. The largest absolute Gasteiger partial charge is 0.494 e. The third-order valence-electron chi connectivity index (χ3n) is 4.92. The molecule has 0 bridgehead atoms. The van der Waals surface area contributed by atoms with Crippen LogP contribution in [0, 0.1) is 0 Å². The monoisotopic (exact) mass is 533 g/mol. The number of hydrogen-bond donors (Lipinski definition) is 5. The molecular formula is C22H17Cl2N5O5S. The number of aromatic amines is 2. The highest BCUT2D eigenvalue weighted by Crippen LogP contribution is 2.32. The molecule has 2 heterocycles. The van der Waals surface area contributed by atoms with E-state index in [9.17, 15) is 24.3 Å². The number of aromatic nitrogens is 2. The molecule has 0 radical (unpaired) electrons. The summed E-state index contributed by atoms with van der Waals surface area (Å²) >= 11 is 12.9. The van der Waals surface area contributed by atoms with E-state index in [1.165, 1.54) is 0 Å². The summed E-state index contributed by atoms with van der Waals surface area (Å²) in [7, 11) is 0. The van der Waals surface area contributed by atoms with Crippen molar-refractivity contribution < 1.29 is 14.7 Å². The van der Waals surface area contributed by atoms with Gasteiger partial charge in [-0.05, 0) is 35.9 Å². The molecule has 1 aliphatic rings. The second-order valence-electron chi connectivity index (χ2n) is 7.42. The van der Waals surface area contributed by atoms with E-state index in [1.807, 2.05) is 0 Å². The summed E-state index contributed by atoms with van der Waals surface area (Å²) in [5.74, 6) is -1.50. The van der Waals surface area contributed by atoms with Gasteiger partial charge in [-0.25, -0.2) is 9.79 Å². The van der Waals surface area contributed by atoms with Gasteiger partial charge in [0.2, 0.25) is 17.7 Å². The molecule has 1 aliphatic heterocycles. The zero-order valence-corrected chi connectivity index (χ0v) is 20.0. The third kappa shape index (κ3) is 5.94. The van der Waals surface area contributed by atoms with E-state index in [1.54, 1.807) is 48.5 Å². The van der Waals surface area contributed by atoms with Crippen LogP contribution in [0.2, 0.25) is 10.0 Å². The average Bonchev–Trinajstić information content (AvgIpc) is 3.11. The highest BCUT2D eigenvalue weighted by Gasteiger charge is 2.33. The van der Waals surface area contributed by atoms with Crippen molar-refractivity contribution >= 4 is 57.6 Å². The van der Waals surface area contributed by atoms with Crippen LogP contribution < -0.4 is 21.9 Å².